The van der Waals surface area contributed by atoms with Gasteiger partial charge in [-0.1, -0.05) is 24.3 Å². The lowest BCUT2D eigenvalue weighted by Gasteiger charge is -2.36. The van der Waals surface area contributed by atoms with Crippen molar-refractivity contribution in [2.45, 2.75) is 24.8 Å². The molecule has 3 heteroatoms. The monoisotopic (exact) mass is 259 g/mol. The number of nitrogens with two attached hydrogens (primary N) is 1. The van der Waals surface area contributed by atoms with Gasteiger partial charge in [0.25, 0.3) is 0 Å². The van der Waals surface area contributed by atoms with Gasteiger partial charge in [0.05, 0.1) is 5.54 Å². The van der Waals surface area contributed by atoms with Crippen molar-refractivity contribution in [1.29, 1.82) is 0 Å². The molecule has 2 N–H and O–H groups in total. The van der Waals surface area contributed by atoms with Crippen LogP contribution in [0.4, 0.5) is 8.78 Å². The van der Waals surface area contributed by atoms with Crippen molar-refractivity contribution in [3.8, 4) is 0 Å². The number of hydrogen-bond donors (Lipinski definition) is 1. The fourth-order valence-electron chi connectivity index (χ4n) is 2.98. The van der Waals surface area contributed by atoms with E-state index in [9.17, 15) is 8.78 Å². The molecule has 1 nitrogen and oxygen atoms in total. The van der Waals surface area contributed by atoms with Gasteiger partial charge in [-0.05, 0) is 48.1 Å². The Hall–Kier alpha value is -1.74. The van der Waals surface area contributed by atoms with Gasteiger partial charge >= 0.3 is 0 Å². The topological polar surface area (TPSA) is 26.0 Å². The molecule has 1 unspecified atom stereocenters. The molecule has 0 radical (unpaired) electrons. The summed E-state index contributed by atoms with van der Waals surface area (Å²) in [6.45, 7) is 0. The van der Waals surface area contributed by atoms with Crippen molar-refractivity contribution < 1.29 is 8.78 Å². The van der Waals surface area contributed by atoms with E-state index in [0.717, 1.165) is 24.5 Å². The van der Waals surface area contributed by atoms with Gasteiger partial charge in [-0.15, -0.1) is 0 Å². The van der Waals surface area contributed by atoms with Crippen LogP contribution < -0.4 is 5.73 Å². The summed E-state index contributed by atoms with van der Waals surface area (Å²) in [6.07, 6.45) is 2.59. The number of hydrogen-bond acceptors (Lipinski definition) is 1. The van der Waals surface area contributed by atoms with Gasteiger partial charge < -0.3 is 5.73 Å². The molecule has 98 valence electrons. The molecule has 0 amide bonds. The van der Waals surface area contributed by atoms with Gasteiger partial charge in [0.15, 0.2) is 0 Å². The molecule has 1 atom stereocenters. The molecule has 2 aromatic rings. The molecule has 1 aliphatic rings. The minimum Gasteiger partial charge on any atom is -0.318 e. The van der Waals surface area contributed by atoms with Crippen LogP contribution in [0.1, 0.15) is 29.5 Å². The lowest BCUT2D eigenvalue weighted by atomic mass is 9.73. The van der Waals surface area contributed by atoms with E-state index in [-0.39, 0.29) is 0 Å². The van der Waals surface area contributed by atoms with Gasteiger partial charge in [-0.25, -0.2) is 8.78 Å². The van der Waals surface area contributed by atoms with Crippen molar-refractivity contribution in [3.05, 3.63) is 70.8 Å². The fraction of sp³-hybridized carbons (Fsp3) is 0.250. The molecule has 0 saturated heterocycles. The quantitative estimate of drug-likeness (QED) is 0.833. The highest BCUT2D eigenvalue weighted by Gasteiger charge is 2.34. The molecule has 0 aliphatic heterocycles. The van der Waals surface area contributed by atoms with Crippen LogP contribution in [0.15, 0.2) is 42.5 Å². The summed E-state index contributed by atoms with van der Waals surface area (Å²) in [4.78, 5) is 0. The minimum atomic E-state index is -0.794. The van der Waals surface area contributed by atoms with Crippen molar-refractivity contribution in [3.63, 3.8) is 0 Å². The van der Waals surface area contributed by atoms with Gasteiger partial charge in [-0.2, -0.15) is 0 Å². The third-order valence-corrected chi connectivity index (χ3v) is 3.89. The largest absolute Gasteiger partial charge is 0.318 e. The number of fused-ring (bicyclic) bond motifs is 1. The van der Waals surface area contributed by atoms with Crippen LogP contribution in [0.2, 0.25) is 0 Å². The Morgan fingerprint density at radius 1 is 1.00 bits per heavy atom. The Kier molecular flexibility index (Phi) is 2.86. The van der Waals surface area contributed by atoms with Crippen molar-refractivity contribution in [1.82, 2.24) is 0 Å². The van der Waals surface area contributed by atoms with Crippen LogP contribution in [-0.4, -0.2) is 0 Å². The summed E-state index contributed by atoms with van der Waals surface area (Å²) in [5, 5.41) is 0. The summed E-state index contributed by atoms with van der Waals surface area (Å²) in [5.74, 6) is -1.16. The number of halogens is 2. The van der Waals surface area contributed by atoms with Crippen molar-refractivity contribution in [2.75, 3.05) is 0 Å². The lowest BCUT2D eigenvalue weighted by Crippen LogP contribution is -2.41. The fourth-order valence-corrected chi connectivity index (χ4v) is 2.98. The first-order valence-electron chi connectivity index (χ1n) is 6.43. The Bertz CT molecular complexity index is 604. The van der Waals surface area contributed by atoms with Gasteiger partial charge in [0.1, 0.15) is 11.6 Å². The standard InChI is InChI=1S/C16H15F2N/c17-13-8-12(9-14(18)10-13)16(19)7-3-5-11-4-1-2-6-15(11)16/h1-2,4,6,8-10H,3,5,7,19H2. The van der Waals surface area contributed by atoms with Crippen LogP contribution in [0, 0.1) is 11.6 Å². The first-order valence-corrected chi connectivity index (χ1v) is 6.43. The highest BCUT2D eigenvalue weighted by Crippen LogP contribution is 2.38. The summed E-state index contributed by atoms with van der Waals surface area (Å²) in [7, 11) is 0. The second-order valence-electron chi connectivity index (χ2n) is 5.14. The van der Waals surface area contributed by atoms with Crippen LogP contribution >= 0.6 is 0 Å². The molecule has 0 fully saturated rings. The smallest absolute Gasteiger partial charge is 0.126 e. The first kappa shape index (κ1) is 12.3. The maximum atomic E-state index is 13.4. The zero-order valence-corrected chi connectivity index (χ0v) is 10.5. The normalized spacial score (nSPS) is 22.1. The predicted octanol–water partition coefficient (Wildman–Crippen LogP) is 3.50. The van der Waals surface area contributed by atoms with Crippen LogP contribution in [0.25, 0.3) is 0 Å². The Balaban J connectivity index is 2.18. The molecule has 0 heterocycles. The van der Waals surface area contributed by atoms with Gasteiger partial charge in [0, 0.05) is 6.07 Å². The van der Waals surface area contributed by atoms with Gasteiger partial charge in [0.2, 0.25) is 0 Å². The van der Waals surface area contributed by atoms with E-state index >= 15 is 0 Å². The lowest BCUT2D eigenvalue weighted by molar-refractivity contribution is 0.436. The maximum absolute atomic E-state index is 13.4. The van der Waals surface area contributed by atoms with E-state index in [2.05, 4.69) is 0 Å². The molecular formula is C16H15F2N. The SMILES string of the molecule is NC1(c2cc(F)cc(F)c2)CCCc2ccccc21. The average molecular weight is 259 g/mol. The zero-order chi connectivity index (χ0) is 13.5. The molecular weight excluding hydrogens is 244 g/mol. The maximum Gasteiger partial charge on any atom is 0.126 e. The first-order chi connectivity index (χ1) is 9.09. The average Bonchev–Trinajstić information content (AvgIpc) is 2.38. The van der Waals surface area contributed by atoms with Crippen LogP contribution in [-0.2, 0) is 12.0 Å². The number of rotatable bonds is 1. The van der Waals surface area contributed by atoms with E-state index in [4.69, 9.17) is 5.73 Å². The summed E-state index contributed by atoms with van der Waals surface area (Å²) in [5.41, 5.74) is 8.36. The molecule has 1 aliphatic carbocycles. The van der Waals surface area contributed by atoms with Crippen LogP contribution in [0.3, 0.4) is 0 Å². The van der Waals surface area contributed by atoms with E-state index in [1.54, 1.807) is 0 Å². The van der Waals surface area contributed by atoms with E-state index in [1.807, 2.05) is 24.3 Å². The second-order valence-corrected chi connectivity index (χ2v) is 5.14. The van der Waals surface area contributed by atoms with Crippen LogP contribution in [0.5, 0.6) is 0 Å². The third-order valence-electron chi connectivity index (χ3n) is 3.89. The van der Waals surface area contributed by atoms with Crippen molar-refractivity contribution >= 4 is 0 Å². The van der Waals surface area contributed by atoms with E-state index in [1.165, 1.54) is 17.7 Å². The van der Waals surface area contributed by atoms with Gasteiger partial charge in [-0.3, -0.25) is 0 Å². The van der Waals surface area contributed by atoms with E-state index < -0.39 is 17.2 Å². The molecule has 0 spiro atoms. The highest BCUT2D eigenvalue weighted by atomic mass is 19.1. The highest BCUT2D eigenvalue weighted by molar-refractivity contribution is 5.44. The number of aryl methyl sites for hydroxylation is 1. The molecule has 19 heavy (non-hydrogen) atoms. The molecule has 0 aromatic heterocycles. The molecule has 0 bridgehead atoms. The Morgan fingerprint density at radius 3 is 2.42 bits per heavy atom. The summed E-state index contributed by atoms with van der Waals surface area (Å²) < 4.78 is 26.9. The van der Waals surface area contributed by atoms with E-state index in [0.29, 0.717) is 12.0 Å². The molecule has 2 aromatic carbocycles. The van der Waals surface area contributed by atoms with Crippen molar-refractivity contribution in [2.24, 2.45) is 5.73 Å². The summed E-state index contributed by atoms with van der Waals surface area (Å²) >= 11 is 0. The Morgan fingerprint density at radius 2 is 1.68 bits per heavy atom. The minimum absolute atomic E-state index is 0.511. The molecule has 3 rings (SSSR count). The second kappa shape index (κ2) is 4.42. The third kappa shape index (κ3) is 2.04. The predicted molar refractivity (Wildman–Crippen MR) is 70.7 cm³/mol. The number of benzene rings is 2. The molecule has 0 saturated carbocycles. The Labute approximate surface area is 111 Å². The summed E-state index contributed by atoms with van der Waals surface area (Å²) in [6, 6.07) is 11.4. The zero-order valence-electron chi connectivity index (χ0n) is 10.5.